The van der Waals surface area contributed by atoms with Crippen LogP contribution in [-0.2, 0) is 19.3 Å². The van der Waals surface area contributed by atoms with Gasteiger partial charge in [0.2, 0.25) is 0 Å². The molecule has 0 radical (unpaired) electrons. The number of rotatable bonds is 6. The van der Waals surface area contributed by atoms with Crippen molar-refractivity contribution in [1.82, 2.24) is 34.2 Å². The zero-order chi connectivity index (χ0) is 22.9. The molecule has 0 saturated carbocycles. The van der Waals surface area contributed by atoms with Gasteiger partial charge >= 0.3 is 6.18 Å². The minimum Gasteiger partial charge on any atom is -0.349 e. The van der Waals surface area contributed by atoms with Crippen LogP contribution in [0.3, 0.4) is 0 Å². The van der Waals surface area contributed by atoms with Crippen LogP contribution >= 0.6 is 11.5 Å². The lowest BCUT2D eigenvalue weighted by molar-refractivity contribution is -0.137. The van der Waals surface area contributed by atoms with E-state index in [9.17, 15) is 22.8 Å². The van der Waals surface area contributed by atoms with Crippen LogP contribution in [-0.4, -0.2) is 41.4 Å². The number of carbonyl (C=O) groups excluding carboxylic acids is 1. The lowest BCUT2D eigenvalue weighted by Gasteiger charge is -2.10. The number of hydrogen-bond donors (Lipinski definition) is 1. The molecule has 1 N–H and O–H groups in total. The highest BCUT2D eigenvalue weighted by molar-refractivity contribution is 7.07. The van der Waals surface area contributed by atoms with Crippen molar-refractivity contribution < 1.29 is 18.0 Å². The van der Waals surface area contributed by atoms with E-state index in [0.717, 1.165) is 23.7 Å². The lowest BCUT2D eigenvalue weighted by atomic mass is 10.1. The summed E-state index contributed by atoms with van der Waals surface area (Å²) in [5.74, 6) is -0.301. The van der Waals surface area contributed by atoms with E-state index in [-0.39, 0.29) is 30.9 Å². The molecule has 0 aliphatic carbocycles. The van der Waals surface area contributed by atoms with Gasteiger partial charge in [0.05, 0.1) is 30.5 Å². The van der Waals surface area contributed by atoms with Gasteiger partial charge in [0.1, 0.15) is 16.6 Å². The van der Waals surface area contributed by atoms with E-state index < -0.39 is 17.3 Å². The molecular formula is C19H16F3N7O2S. The maximum atomic E-state index is 12.9. The van der Waals surface area contributed by atoms with Gasteiger partial charge in [-0.3, -0.25) is 14.2 Å². The molecule has 0 unspecified atom stereocenters. The summed E-state index contributed by atoms with van der Waals surface area (Å²) in [4.78, 5) is 29.6. The lowest BCUT2D eigenvalue weighted by Crippen LogP contribution is -2.27. The van der Waals surface area contributed by atoms with Crippen LogP contribution in [0.15, 0.2) is 41.6 Å². The Balaban J connectivity index is 1.48. The van der Waals surface area contributed by atoms with Gasteiger partial charge < -0.3 is 5.32 Å². The predicted molar refractivity (Wildman–Crippen MR) is 109 cm³/mol. The second-order valence-electron chi connectivity index (χ2n) is 6.92. The Kier molecular flexibility index (Phi) is 5.74. The molecule has 0 aliphatic heterocycles. The van der Waals surface area contributed by atoms with Crippen molar-refractivity contribution in [1.29, 1.82) is 0 Å². The molecule has 0 spiro atoms. The van der Waals surface area contributed by atoms with Gasteiger partial charge in [-0.15, -0.1) is 5.10 Å². The zero-order valence-electron chi connectivity index (χ0n) is 16.6. The molecule has 1 amide bonds. The Bertz CT molecular complexity index is 1340. The summed E-state index contributed by atoms with van der Waals surface area (Å²) in [6, 6.07) is 4.79. The van der Waals surface area contributed by atoms with Gasteiger partial charge in [0, 0.05) is 6.54 Å². The van der Waals surface area contributed by atoms with Crippen LogP contribution in [0.25, 0.3) is 11.0 Å². The minimum atomic E-state index is -4.46. The highest BCUT2D eigenvalue weighted by Crippen LogP contribution is 2.29. The maximum Gasteiger partial charge on any atom is 0.416 e. The molecule has 4 rings (SSSR count). The predicted octanol–water partition coefficient (Wildman–Crippen LogP) is 2.25. The first-order valence-electron chi connectivity index (χ1n) is 9.38. The SMILES string of the molecule is Cc1nnsc1C(=O)NCCn1ncc2c(=O)n(Cc3cccc(C(F)(F)F)c3)cnc21. The Morgan fingerprint density at radius 3 is 2.81 bits per heavy atom. The number of aryl methyl sites for hydroxylation is 1. The van der Waals surface area contributed by atoms with E-state index in [1.54, 1.807) is 6.92 Å². The van der Waals surface area contributed by atoms with Crippen molar-refractivity contribution in [3.8, 4) is 0 Å². The summed E-state index contributed by atoms with van der Waals surface area (Å²) in [5, 5.41) is 10.9. The second kappa shape index (κ2) is 8.49. The van der Waals surface area contributed by atoms with Crippen LogP contribution in [0, 0.1) is 6.92 Å². The molecule has 4 aromatic rings. The zero-order valence-corrected chi connectivity index (χ0v) is 17.4. The standard InChI is InChI=1S/C19H16F3N7O2S/c1-11-15(32-27-26-11)17(30)23-5-6-29-16-14(8-25-29)18(31)28(10-24-16)9-12-3-2-4-13(7-12)19(20,21)22/h2-4,7-8,10H,5-6,9H2,1H3,(H,23,30). The molecule has 0 aliphatic rings. The van der Waals surface area contributed by atoms with Crippen molar-refractivity contribution in [2.24, 2.45) is 0 Å². The summed E-state index contributed by atoms with van der Waals surface area (Å²) in [7, 11) is 0. The van der Waals surface area contributed by atoms with Crippen molar-refractivity contribution >= 4 is 28.5 Å². The van der Waals surface area contributed by atoms with Gasteiger partial charge in [0.25, 0.3) is 11.5 Å². The number of hydrogen-bond acceptors (Lipinski definition) is 7. The molecule has 3 heterocycles. The van der Waals surface area contributed by atoms with Crippen molar-refractivity contribution in [2.75, 3.05) is 6.54 Å². The topological polar surface area (TPSA) is 108 Å². The monoisotopic (exact) mass is 463 g/mol. The van der Waals surface area contributed by atoms with Crippen molar-refractivity contribution in [3.63, 3.8) is 0 Å². The Hall–Kier alpha value is -3.61. The van der Waals surface area contributed by atoms with Gasteiger partial charge in [-0.2, -0.15) is 18.3 Å². The third-order valence-electron chi connectivity index (χ3n) is 4.70. The molecule has 32 heavy (non-hydrogen) atoms. The quantitative estimate of drug-likeness (QED) is 0.470. The number of halogens is 3. The average Bonchev–Trinajstić information content (AvgIpc) is 3.36. The number of aromatic nitrogens is 6. The molecule has 1 aromatic carbocycles. The Morgan fingerprint density at radius 2 is 2.09 bits per heavy atom. The number of alkyl halides is 3. The van der Waals surface area contributed by atoms with E-state index in [2.05, 4.69) is 25.0 Å². The summed E-state index contributed by atoms with van der Waals surface area (Å²) in [5.41, 5.74) is -0.0171. The molecule has 0 atom stereocenters. The van der Waals surface area contributed by atoms with Crippen LogP contribution in [0.1, 0.15) is 26.5 Å². The highest BCUT2D eigenvalue weighted by Gasteiger charge is 2.30. The second-order valence-corrected chi connectivity index (χ2v) is 7.68. The number of nitrogens with one attached hydrogen (secondary N) is 1. The maximum absolute atomic E-state index is 12.9. The fraction of sp³-hybridized carbons (Fsp3) is 0.263. The van der Waals surface area contributed by atoms with Crippen LogP contribution in [0.5, 0.6) is 0 Å². The molecular weight excluding hydrogens is 447 g/mol. The van der Waals surface area contributed by atoms with Crippen LogP contribution < -0.4 is 10.9 Å². The molecule has 0 bridgehead atoms. The summed E-state index contributed by atoms with van der Waals surface area (Å²) >= 11 is 1.00. The van der Waals surface area contributed by atoms with E-state index in [1.165, 1.54) is 33.9 Å². The molecule has 166 valence electrons. The first kappa shape index (κ1) is 21.6. The van der Waals surface area contributed by atoms with Crippen LogP contribution in [0.4, 0.5) is 13.2 Å². The molecule has 3 aromatic heterocycles. The first-order valence-corrected chi connectivity index (χ1v) is 10.2. The van der Waals surface area contributed by atoms with E-state index in [1.807, 2.05) is 0 Å². The third kappa shape index (κ3) is 4.37. The third-order valence-corrected chi connectivity index (χ3v) is 5.52. The van der Waals surface area contributed by atoms with Crippen LogP contribution in [0.2, 0.25) is 0 Å². The van der Waals surface area contributed by atoms with Crippen molar-refractivity contribution in [3.05, 3.63) is 68.8 Å². The van der Waals surface area contributed by atoms with Gasteiger partial charge in [0.15, 0.2) is 5.65 Å². The Labute approximate surface area is 182 Å². The smallest absolute Gasteiger partial charge is 0.349 e. The summed E-state index contributed by atoms with van der Waals surface area (Å²) < 4.78 is 45.2. The molecule has 13 heteroatoms. The van der Waals surface area contributed by atoms with Gasteiger partial charge in [-0.25, -0.2) is 9.67 Å². The molecule has 0 fully saturated rings. The van der Waals surface area contributed by atoms with Crippen molar-refractivity contribution in [2.45, 2.75) is 26.2 Å². The van der Waals surface area contributed by atoms with E-state index >= 15 is 0 Å². The summed E-state index contributed by atoms with van der Waals surface area (Å²) in [6.07, 6.45) is -1.84. The van der Waals surface area contributed by atoms with Gasteiger partial charge in [-0.1, -0.05) is 16.6 Å². The number of fused-ring (bicyclic) bond motifs is 1. The van der Waals surface area contributed by atoms with Gasteiger partial charge in [-0.05, 0) is 36.2 Å². The number of amides is 1. The normalized spacial score (nSPS) is 11.8. The number of benzene rings is 1. The Morgan fingerprint density at radius 1 is 1.28 bits per heavy atom. The first-order chi connectivity index (χ1) is 15.2. The fourth-order valence-corrected chi connectivity index (χ4v) is 3.68. The molecule has 0 saturated heterocycles. The highest BCUT2D eigenvalue weighted by atomic mass is 32.1. The average molecular weight is 463 g/mol. The van der Waals surface area contributed by atoms with E-state index in [4.69, 9.17) is 0 Å². The summed E-state index contributed by atoms with van der Waals surface area (Å²) in [6.45, 7) is 2.13. The number of nitrogens with zero attached hydrogens (tertiary/aromatic N) is 6. The number of carbonyl (C=O) groups is 1. The minimum absolute atomic E-state index is 0.0604. The van der Waals surface area contributed by atoms with E-state index in [0.29, 0.717) is 21.8 Å². The molecule has 9 nitrogen and oxygen atoms in total. The largest absolute Gasteiger partial charge is 0.416 e. The fourth-order valence-electron chi connectivity index (χ4n) is 3.11.